The Kier molecular flexibility index (Phi) is 4.47. The molecular weight excluding hydrogens is 189 g/mol. The fourth-order valence-electron chi connectivity index (χ4n) is 0.620. The number of alkyl halides is 3. The van der Waals surface area contributed by atoms with Crippen LogP contribution in [0.5, 0.6) is 0 Å². The molecule has 13 heavy (non-hydrogen) atoms. The highest BCUT2D eigenvalue weighted by atomic mass is 19.4. The van der Waals surface area contributed by atoms with Gasteiger partial charge in [-0.2, -0.15) is 0 Å². The van der Waals surface area contributed by atoms with Crippen molar-refractivity contribution in [3.05, 3.63) is 11.6 Å². The van der Waals surface area contributed by atoms with Gasteiger partial charge < -0.3 is 5.11 Å². The van der Waals surface area contributed by atoms with E-state index in [1.807, 2.05) is 0 Å². The van der Waals surface area contributed by atoms with Gasteiger partial charge in [0.15, 0.2) is 0 Å². The summed E-state index contributed by atoms with van der Waals surface area (Å²) < 4.78 is 37.6. The molecule has 0 saturated heterocycles. The Morgan fingerprint density at radius 2 is 2.08 bits per heavy atom. The molecule has 3 nitrogen and oxygen atoms in total. The van der Waals surface area contributed by atoms with Crippen molar-refractivity contribution >= 4 is 5.97 Å². The SMILES string of the molecule is CCC(=CCOC(F)(F)F)C(=O)O. The number of aliphatic carboxylic acids is 1. The van der Waals surface area contributed by atoms with Gasteiger partial charge in [0, 0.05) is 5.57 Å². The molecule has 0 aliphatic carbocycles. The van der Waals surface area contributed by atoms with Crippen molar-refractivity contribution in [2.24, 2.45) is 0 Å². The molecule has 0 atom stereocenters. The third-order valence-corrected chi connectivity index (χ3v) is 1.23. The van der Waals surface area contributed by atoms with Crippen LogP contribution in [0.2, 0.25) is 0 Å². The minimum Gasteiger partial charge on any atom is -0.478 e. The average Bonchev–Trinajstić information content (AvgIpc) is 1.95. The van der Waals surface area contributed by atoms with Crippen LogP contribution in [0.15, 0.2) is 11.6 Å². The van der Waals surface area contributed by atoms with Crippen LogP contribution in [0.1, 0.15) is 13.3 Å². The van der Waals surface area contributed by atoms with Gasteiger partial charge in [0.2, 0.25) is 0 Å². The zero-order valence-electron chi connectivity index (χ0n) is 6.89. The van der Waals surface area contributed by atoms with E-state index in [0.29, 0.717) is 0 Å². The fourth-order valence-corrected chi connectivity index (χ4v) is 0.620. The first-order chi connectivity index (χ1) is 5.87. The number of carbonyl (C=O) groups is 1. The molecule has 0 spiro atoms. The van der Waals surface area contributed by atoms with E-state index in [-0.39, 0.29) is 12.0 Å². The van der Waals surface area contributed by atoms with Crippen LogP contribution in [0.4, 0.5) is 13.2 Å². The fraction of sp³-hybridized carbons (Fsp3) is 0.571. The molecule has 0 aromatic heterocycles. The monoisotopic (exact) mass is 198 g/mol. The summed E-state index contributed by atoms with van der Waals surface area (Å²) in [7, 11) is 0. The van der Waals surface area contributed by atoms with E-state index in [1.165, 1.54) is 6.92 Å². The Morgan fingerprint density at radius 3 is 2.38 bits per heavy atom. The van der Waals surface area contributed by atoms with Crippen LogP contribution in [0.25, 0.3) is 0 Å². The quantitative estimate of drug-likeness (QED) is 0.702. The van der Waals surface area contributed by atoms with E-state index in [9.17, 15) is 18.0 Å². The summed E-state index contributed by atoms with van der Waals surface area (Å²) >= 11 is 0. The Morgan fingerprint density at radius 1 is 1.54 bits per heavy atom. The van der Waals surface area contributed by atoms with E-state index in [2.05, 4.69) is 4.74 Å². The van der Waals surface area contributed by atoms with Crippen molar-refractivity contribution in [1.29, 1.82) is 0 Å². The number of hydrogen-bond acceptors (Lipinski definition) is 2. The van der Waals surface area contributed by atoms with Gasteiger partial charge in [-0.15, -0.1) is 13.2 Å². The van der Waals surface area contributed by atoms with E-state index >= 15 is 0 Å². The van der Waals surface area contributed by atoms with Crippen molar-refractivity contribution in [3.8, 4) is 0 Å². The molecule has 6 heteroatoms. The third kappa shape index (κ3) is 6.15. The van der Waals surface area contributed by atoms with E-state index in [0.717, 1.165) is 6.08 Å². The Balaban J connectivity index is 4.02. The summed E-state index contributed by atoms with van der Waals surface area (Å²) in [5.41, 5.74) is -0.0933. The number of carboxylic acid groups (broad SMARTS) is 1. The molecule has 0 aliphatic rings. The maximum atomic E-state index is 11.4. The van der Waals surface area contributed by atoms with E-state index in [4.69, 9.17) is 5.11 Å². The minimum absolute atomic E-state index is 0.0933. The number of rotatable bonds is 4. The summed E-state index contributed by atoms with van der Waals surface area (Å²) in [4.78, 5) is 10.3. The normalized spacial score (nSPS) is 13.1. The smallest absolute Gasteiger partial charge is 0.478 e. The molecule has 0 saturated carbocycles. The third-order valence-electron chi connectivity index (χ3n) is 1.23. The van der Waals surface area contributed by atoms with Gasteiger partial charge in [-0.05, 0) is 12.5 Å². The lowest BCUT2D eigenvalue weighted by molar-refractivity contribution is -0.319. The van der Waals surface area contributed by atoms with Crippen LogP contribution in [-0.4, -0.2) is 24.0 Å². The molecule has 0 aromatic rings. The number of ether oxygens (including phenoxy) is 1. The minimum atomic E-state index is -4.71. The molecular formula is C7H9F3O3. The van der Waals surface area contributed by atoms with Gasteiger partial charge in [0.25, 0.3) is 0 Å². The van der Waals surface area contributed by atoms with Crippen molar-refractivity contribution in [1.82, 2.24) is 0 Å². The first kappa shape index (κ1) is 12.0. The largest absolute Gasteiger partial charge is 0.522 e. The molecule has 0 amide bonds. The number of carboxylic acids is 1. The summed E-state index contributed by atoms with van der Waals surface area (Å²) in [6.07, 6.45) is -3.65. The second-order valence-electron chi connectivity index (χ2n) is 2.14. The number of halogens is 3. The van der Waals surface area contributed by atoms with Gasteiger partial charge >= 0.3 is 12.3 Å². The molecule has 0 aliphatic heterocycles. The maximum absolute atomic E-state index is 11.4. The molecule has 0 bridgehead atoms. The van der Waals surface area contributed by atoms with Gasteiger partial charge in [0.05, 0.1) is 6.61 Å². The second-order valence-corrected chi connectivity index (χ2v) is 2.14. The molecule has 0 rings (SSSR count). The van der Waals surface area contributed by atoms with Crippen molar-refractivity contribution in [2.75, 3.05) is 6.61 Å². The predicted molar refractivity (Wildman–Crippen MR) is 38.0 cm³/mol. The molecule has 0 radical (unpaired) electrons. The summed E-state index contributed by atoms with van der Waals surface area (Å²) in [5.74, 6) is -1.23. The van der Waals surface area contributed by atoms with Gasteiger partial charge in [0.1, 0.15) is 0 Å². The Hall–Kier alpha value is -1.04. The number of hydrogen-bond donors (Lipinski definition) is 1. The van der Waals surface area contributed by atoms with Crippen molar-refractivity contribution in [3.63, 3.8) is 0 Å². The first-order valence-electron chi connectivity index (χ1n) is 3.50. The van der Waals surface area contributed by atoms with Crippen LogP contribution < -0.4 is 0 Å². The van der Waals surface area contributed by atoms with E-state index in [1.54, 1.807) is 0 Å². The summed E-state index contributed by atoms with van der Waals surface area (Å²) in [5, 5.41) is 8.40. The first-order valence-corrected chi connectivity index (χ1v) is 3.50. The van der Waals surface area contributed by atoms with Crippen molar-refractivity contribution < 1.29 is 27.8 Å². The molecule has 76 valence electrons. The molecule has 1 N–H and O–H groups in total. The Labute approximate surface area is 72.8 Å². The second kappa shape index (κ2) is 4.86. The van der Waals surface area contributed by atoms with Crippen molar-refractivity contribution in [2.45, 2.75) is 19.7 Å². The molecule has 0 heterocycles. The predicted octanol–water partition coefficient (Wildman–Crippen LogP) is 1.94. The topological polar surface area (TPSA) is 46.5 Å². The highest BCUT2D eigenvalue weighted by Crippen LogP contribution is 2.16. The zero-order valence-corrected chi connectivity index (χ0v) is 6.89. The molecule has 0 unspecified atom stereocenters. The highest BCUT2D eigenvalue weighted by Gasteiger charge is 2.28. The van der Waals surface area contributed by atoms with Crippen LogP contribution in [0.3, 0.4) is 0 Å². The van der Waals surface area contributed by atoms with Crippen LogP contribution in [-0.2, 0) is 9.53 Å². The lowest BCUT2D eigenvalue weighted by Crippen LogP contribution is -2.14. The van der Waals surface area contributed by atoms with E-state index < -0.39 is 18.9 Å². The summed E-state index contributed by atoms with van der Waals surface area (Å²) in [6, 6.07) is 0. The maximum Gasteiger partial charge on any atom is 0.522 e. The highest BCUT2D eigenvalue weighted by molar-refractivity contribution is 5.86. The van der Waals surface area contributed by atoms with Gasteiger partial charge in [-0.3, -0.25) is 4.74 Å². The van der Waals surface area contributed by atoms with Gasteiger partial charge in [-0.25, -0.2) is 4.79 Å². The lowest BCUT2D eigenvalue weighted by atomic mass is 10.2. The summed E-state index contributed by atoms with van der Waals surface area (Å²) in [6.45, 7) is 0.770. The van der Waals surface area contributed by atoms with Crippen LogP contribution >= 0.6 is 0 Å². The Bertz CT molecular complexity index is 208. The molecule has 0 aromatic carbocycles. The van der Waals surface area contributed by atoms with Gasteiger partial charge in [-0.1, -0.05) is 6.92 Å². The standard InChI is InChI=1S/C7H9F3O3/c1-2-5(6(11)12)3-4-13-7(8,9)10/h3H,2,4H2,1H3,(H,11,12). The average molecular weight is 198 g/mol. The molecule has 0 fully saturated rings. The lowest BCUT2D eigenvalue weighted by Gasteiger charge is -2.04. The van der Waals surface area contributed by atoms with Crippen LogP contribution in [0, 0.1) is 0 Å². The zero-order chi connectivity index (χ0) is 10.5.